The highest BCUT2D eigenvalue weighted by atomic mass is 35.5. The fraction of sp³-hybridized carbons (Fsp3) is 0.357. The monoisotopic (exact) mass is 282 g/mol. The minimum Gasteiger partial charge on any atom is -0.236 e. The lowest BCUT2D eigenvalue weighted by Crippen LogP contribution is -2.12. The van der Waals surface area contributed by atoms with Crippen LogP contribution in [0.25, 0.3) is 5.69 Å². The minimum absolute atomic E-state index is 0.0227. The van der Waals surface area contributed by atoms with Crippen LogP contribution in [0, 0.1) is 6.92 Å². The summed E-state index contributed by atoms with van der Waals surface area (Å²) in [6.45, 7) is 8.45. The maximum Gasteiger partial charge on any atom is 0.0836 e. The number of nitrogens with zero attached hydrogens (tertiary/aromatic N) is 2. The Morgan fingerprint density at radius 1 is 1.11 bits per heavy atom. The van der Waals surface area contributed by atoms with Crippen molar-refractivity contribution in [3.05, 3.63) is 45.7 Å². The van der Waals surface area contributed by atoms with Gasteiger partial charge in [-0.3, -0.25) is 0 Å². The summed E-state index contributed by atoms with van der Waals surface area (Å²) in [7, 11) is 0. The quantitative estimate of drug-likeness (QED) is 0.736. The van der Waals surface area contributed by atoms with Crippen molar-refractivity contribution in [2.24, 2.45) is 0 Å². The molecule has 2 aromatic rings. The first-order valence-electron chi connectivity index (χ1n) is 5.81. The summed E-state index contributed by atoms with van der Waals surface area (Å²) in [4.78, 5) is 0. The predicted octanol–water partition coefficient (Wildman–Crippen LogP) is 4.79. The molecule has 4 heteroatoms. The average Bonchev–Trinajstić information content (AvgIpc) is 2.60. The topological polar surface area (TPSA) is 17.8 Å². The van der Waals surface area contributed by atoms with E-state index in [2.05, 4.69) is 31.9 Å². The second-order valence-corrected chi connectivity index (χ2v) is 6.27. The lowest BCUT2D eigenvalue weighted by Gasteiger charge is -2.14. The molecule has 0 aliphatic heterocycles. The van der Waals surface area contributed by atoms with E-state index in [1.165, 1.54) is 0 Å². The van der Waals surface area contributed by atoms with Gasteiger partial charge in [-0.25, -0.2) is 4.68 Å². The number of hydrogen-bond acceptors (Lipinski definition) is 1. The van der Waals surface area contributed by atoms with Crippen molar-refractivity contribution in [1.82, 2.24) is 9.78 Å². The van der Waals surface area contributed by atoms with Crippen LogP contribution in [0.1, 0.15) is 32.2 Å². The molecule has 0 aliphatic rings. The molecule has 0 radical (unpaired) electrons. The number of aromatic nitrogens is 2. The maximum atomic E-state index is 6.21. The first-order chi connectivity index (χ1) is 8.29. The summed E-state index contributed by atoms with van der Waals surface area (Å²) in [6, 6.07) is 7.53. The largest absolute Gasteiger partial charge is 0.236 e. The highest BCUT2D eigenvalue weighted by Crippen LogP contribution is 2.28. The van der Waals surface area contributed by atoms with Crippen molar-refractivity contribution in [1.29, 1.82) is 0 Å². The first kappa shape index (κ1) is 13.4. The van der Waals surface area contributed by atoms with Gasteiger partial charge >= 0.3 is 0 Å². The molecule has 18 heavy (non-hydrogen) atoms. The Hall–Kier alpha value is -0.990. The predicted molar refractivity (Wildman–Crippen MR) is 77.0 cm³/mol. The Balaban J connectivity index is 2.55. The van der Waals surface area contributed by atoms with Gasteiger partial charge in [0.05, 0.1) is 16.4 Å². The molecule has 0 amide bonds. The zero-order valence-corrected chi connectivity index (χ0v) is 12.5. The van der Waals surface area contributed by atoms with Crippen molar-refractivity contribution in [3.8, 4) is 5.69 Å². The van der Waals surface area contributed by atoms with Crippen LogP contribution in [0.4, 0.5) is 0 Å². The van der Waals surface area contributed by atoms with Gasteiger partial charge in [0, 0.05) is 16.1 Å². The van der Waals surface area contributed by atoms with E-state index < -0.39 is 0 Å². The zero-order valence-electron chi connectivity index (χ0n) is 11.0. The van der Waals surface area contributed by atoms with Crippen LogP contribution < -0.4 is 0 Å². The van der Waals surface area contributed by atoms with Gasteiger partial charge in [-0.1, -0.05) is 44.0 Å². The van der Waals surface area contributed by atoms with Crippen molar-refractivity contribution in [3.63, 3.8) is 0 Å². The Labute approximate surface area is 118 Å². The minimum atomic E-state index is 0.0227. The van der Waals surface area contributed by atoms with E-state index in [0.29, 0.717) is 10.0 Å². The number of rotatable bonds is 1. The van der Waals surface area contributed by atoms with Crippen LogP contribution in [0.2, 0.25) is 10.0 Å². The standard InChI is InChI=1S/C14H16Cl2N2/c1-9-7-13(14(2,3)4)17-18(9)12-6-5-10(15)8-11(12)16/h5-8H,1-4H3. The zero-order chi connectivity index (χ0) is 13.5. The van der Waals surface area contributed by atoms with Crippen LogP contribution >= 0.6 is 23.2 Å². The molecular weight excluding hydrogens is 267 g/mol. The van der Waals surface area contributed by atoms with E-state index in [1.807, 2.05) is 23.7 Å². The van der Waals surface area contributed by atoms with E-state index in [9.17, 15) is 0 Å². The van der Waals surface area contributed by atoms with Crippen LogP contribution in [-0.2, 0) is 5.41 Å². The first-order valence-corrected chi connectivity index (χ1v) is 6.57. The van der Waals surface area contributed by atoms with Crippen molar-refractivity contribution < 1.29 is 0 Å². The Morgan fingerprint density at radius 2 is 1.78 bits per heavy atom. The third-order valence-corrected chi connectivity index (χ3v) is 3.33. The molecule has 1 aromatic carbocycles. The van der Waals surface area contributed by atoms with Gasteiger partial charge in [-0.15, -0.1) is 0 Å². The molecule has 2 rings (SSSR count). The average molecular weight is 283 g/mol. The van der Waals surface area contributed by atoms with Crippen molar-refractivity contribution >= 4 is 23.2 Å². The summed E-state index contributed by atoms with van der Waals surface area (Å²) >= 11 is 12.1. The Bertz CT molecular complexity index is 580. The third kappa shape index (κ3) is 2.55. The number of halogens is 2. The van der Waals surface area contributed by atoms with Gasteiger partial charge in [0.2, 0.25) is 0 Å². The molecule has 0 aliphatic carbocycles. The molecule has 1 heterocycles. The molecule has 1 aromatic heterocycles. The molecule has 0 atom stereocenters. The van der Waals surface area contributed by atoms with Crippen LogP contribution in [0.5, 0.6) is 0 Å². The summed E-state index contributed by atoms with van der Waals surface area (Å²) in [6.07, 6.45) is 0. The van der Waals surface area contributed by atoms with Gasteiger partial charge in [-0.2, -0.15) is 5.10 Å². The maximum absolute atomic E-state index is 6.21. The second-order valence-electron chi connectivity index (χ2n) is 5.43. The molecule has 0 N–H and O–H groups in total. The summed E-state index contributed by atoms with van der Waals surface area (Å²) in [5, 5.41) is 5.87. The van der Waals surface area contributed by atoms with E-state index in [4.69, 9.17) is 23.2 Å². The smallest absolute Gasteiger partial charge is 0.0836 e. The summed E-state index contributed by atoms with van der Waals surface area (Å²) in [5.41, 5.74) is 2.98. The Kier molecular flexibility index (Phi) is 3.43. The molecule has 0 spiro atoms. The van der Waals surface area contributed by atoms with E-state index in [-0.39, 0.29) is 5.41 Å². The van der Waals surface area contributed by atoms with Gasteiger partial charge in [0.15, 0.2) is 0 Å². The highest BCUT2D eigenvalue weighted by Gasteiger charge is 2.19. The molecule has 96 valence electrons. The molecule has 0 saturated carbocycles. The fourth-order valence-electron chi connectivity index (χ4n) is 1.74. The number of hydrogen-bond donors (Lipinski definition) is 0. The van der Waals surface area contributed by atoms with Gasteiger partial charge in [-0.05, 0) is 31.2 Å². The Morgan fingerprint density at radius 3 is 2.28 bits per heavy atom. The number of aryl methyl sites for hydroxylation is 1. The highest BCUT2D eigenvalue weighted by molar-refractivity contribution is 6.35. The number of benzene rings is 1. The van der Waals surface area contributed by atoms with Crippen LogP contribution in [0.3, 0.4) is 0 Å². The fourth-order valence-corrected chi connectivity index (χ4v) is 2.23. The second kappa shape index (κ2) is 4.60. The molecule has 2 nitrogen and oxygen atoms in total. The van der Waals surface area contributed by atoms with E-state index in [0.717, 1.165) is 17.1 Å². The summed E-state index contributed by atoms with van der Waals surface area (Å²) in [5.74, 6) is 0. The molecule has 0 fully saturated rings. The normalized spacial score (nSPS) is 11.9. The van der Waals surface area contributed by atoms with Crippen LogP contribution in [-0.4, -0.2) is 9.78 Å². The van der Waals surface area contributed by atoms with Gasteiger partial charge in [0.1, 0.15) is 0 Å². The summed E-state index contributed by atoms with van der Waals surface area (Å²) < 4.78 is 1.86. The van der Waals surface area contributed by atoms with Crippen molar-refractivity contribution in [2.45, 2.75) is 33.1 Å². The molecule has 0 unspecified atom stereocenters. The van der Waals surface area contributed by atoms with Gasteiger partial charge in [0.25, 0.3) is 0 Å². The SMILES string of the molecule is Cc1cc(C(C)(C)C)nn1-c1ccc(Cl)cc1Cl. The van der Waals surface area contributed by atoms with E-state index in [1.54, 1.807) is 6.07 Å². The lowest BCUT2D eigenvalue weighted by atomic mass is 9.92. The third-order valence-electron chi connectivity index (χ3n) is 2.79. The molecule has 0 bridgehead atoms. The molecule has 0 saturated heterocycles. The van der Waals surface area contributed by atoms with Crippen LogP contribution in [0.15, 0.2) is 24.3 Å². The van der Waals surface area contributed by atoms with E-state index >= 15 is 0 Å². The molecular formula is C14H16Cl2N2. The van der Waals surface area contributed by atoms with Gasteiger partial charge < -0.3 is 0 Å². The van der Waals surface area contributed by atoms with Crippen molar-refractivity contribution in [2.75, 3.05) is 0 Å². The lowest BCUT2D eigenvalue weighted by molar-refractivity contribution is 0.560.